The van der Waals surface area contributed by atoms with Gasteiger partial charge in [-0.1, -0.05) is 37.6 Å². The number of allylic oxidation sites excluding steroid dienone is 1. The lowest BCUT2D eigenvalue weighted by atomic mass is 10.2. The van der Waals surface area contributed by atoms with E-state index in [0.29, 0.717) is 23.1 Å². The van der Waals surface area contributed by atoms with E-state index in [0.717, 1.165) is 29.0 Å². The summed E-state index contributed by atoms with van der Waals surface area (Å²) >= 11 is 2.87. The van der Waals surface area contributed by atoms with Crippen LogP contribution in [0.1, 0.15) is 37.5 Å². The van der Waals surface area contributed by atoms with Gasteiger partial charge in [-0.25, -0.2) is 4.98 Å². The Balaban J connectivity index is 1.80. The number of fused-ring (bicyclic) bond motifs is 1. The highest BCUT2D eigenvalue weighted by molar-refractivity contribution is 7.99. The Labute approximate surface area is 155 Å². The van der Waals surface area contributed by atoms with Gasteiger partial charge in [0.1, 0.15) is 4.83 Å². The molecule has 25 heavy (non-hydrogen) atoms. The molecule has 1 saturated carbocycles. The molecule has 1 N–H and O–H groups in total. The Morgan fingerprint density at radius 3 is 2.96 bits per heavy atom. The second-order valence-electron chi connectivity index (χ2n) is 6.22. The first-order valence-electron chi connectivity index (χ1n) is 8.68. The number of thioether (sulfide) groups is 1. The zero-order valence-corrected chi connectivity index (χ0v) is 16.0. The molecule has 1 aliphatic carbocycles. The van der Waals surface area contributed by atoms with Gasteiger partial charge >= 0.3 is 0 Å². The molecule has 0 saturated heterocycles. The van der Waals surface area contributed by atoms with Crippen LogP contribution in [0, 0.1) is 0 Å². The maximum absolute atomic E-state index is 12.8. The minimum absolute atomic E-state index is 0.0109. The van der Waals surface area contributed by atoms with Gasteiger partial charge in [-0.2, -0.15) is 0 Å². The largest absolute Gasteiger partial charge is 0.353 e. The monoisotopic (exact) mass is 377 g/mol. The van der Waals surface area contributed by atoms with Gasteiger partial charge in [0.25, 0.3) is 5.56 Å². The number of hydrogen-bond donors (Lipinski definition) is 1. The predicted molar refractivity (Wildman–Crippen MR) is 105 cm³/mol. The van der Waals surface area contributed by atoms with Crippen LogP contribution >= 0.6 is 23.1 Å². The van der Waals surface area contributed by atoms with E-state index >= 15 is 0 Å². The fourth-order valence-electron chi connectivity index (χ4n) is 3.09. The van der Waals surface area contributed by atoms with Crippen LogP contribution < -0.4 is 10.9 Å². The van der Waals surface area contributed by atoms with Gasteiger partial charge < -0.3 is 5.32 Å². The maximum Gasteiger partial charge on any atom is 0.263 e. The normalized spacial score (nSPS) is 14.9. The summed E-state index contributed by atoms with van der Waals surface area (Å²) in [5, 5.41) is 4.32. The number of hydrogen-bond acceptors (Lipinski definition) is 5. The van der Waals surface area contributed by atoms with E-state index in [4.69, 9.17) is 0 Å². The number of aromatic nitrogens is 2. The van der Waals surface area contributed by atoms with Crippen LogP contribution in [0.25, 0.3) is 10.2 Å². The zero-order valence-electron chi connectivity index (χ0n) is 14.4. The molecule has 3 rings (SSSR count). The Kier molecular flexibility index (Phi) is 5.96. The van der Waals surface area contributed by atoms with Crippen molar-refractivity contribution in [3.63, 3.8) is 0 Å². The molecule has 2 aromatic rings. The van der Waals surface area contributed by atoms with Crippen LogP contribution in [0.5, 0.6) is 0 Å². The van der Waals surface area contributed by atoms with Crippen LogP contribution in [0.3, 0.4) is 0 Å². The lowest BCUT2D eigenvalue weighted by Gasteiger charge is -2.13. The van der Waals surface area contributed by atoms with E-state index in [-0.39, 0.29) is 17.2 Å². The van der Waals surface area contributed by atoms with E-state index in [2.05, 4.69) is 23.8 Å². The van der Waals surface area contributed by atoms with E-state index in [1.54, 1.807) is 22.0 Å². The summed E-state index contributed by atoms with van der Waals surface area (Å²) in [6, 6.07) is 2.24. The van der Waals surface area contributed by atoms with Crippen molar-refractivity contribution in [1.29, 1.82) is 0 Å². The summed E-state index contributed by atoms with van der Waals surface area (Å²) < 4.78 is 1.61. The highest BCUT2D eigenvalue weighted by atomic mass is 32.2. The van der Waals surface area contributed by atoms with Gasteiger partial charge in [-0.3, -0.25) is 14.2 Å². The summed E-state index contributed by atoms with van der Waals surface area (Å²) in [6.45, 7) is 6.19. The van der Waals surface area contributed by atoms with Gasteiger partial charge in [-0.05, 0) is 25.3 Å². The fourth-order valence-corrected chi connectivity index (χ4v) is 4.92. The van der Waals surface area contributed by atoms with Crippen molar-refractivity contribution < 1.29 is 4.79 Å². The fraction of sp³-hybridized carbons (Fsp3) is 0.500. The van der Waals surface area contributed by atoms with Crippen molar-refractivity contribution >= 4 is 39.2 Å². The Hall–Kier alpha value is -1.60. The molecule has 0 spiro atoms. The number of nitrogens with zero attached hydrogens (tertiary/aromatic N) is 2. The molecular weight excluding hydrogens is 354 g/mol. The second-order valence-corrected chi connectivity index (χ2v) is 8.28. The Morgan fingerprint density at radius 1 is 1.52 bits per heavy atom. The SMILES string of the molecule is C=CCn1c(SCC(=O)NC2CCCC2)nc2sc(CC)cc2c1=O. The molecular formula is C18H23N3O2S2. The number of rotatable bonds is 7. The number of nitrogens with one attached hydrogen (secondary N) is 1. The van der Waals surface area contributed by atoms with Crippen LogP contribution in [-0.2, 0) is 17.8 Å². The van der Waals surface area contributed by atoms with E-state index in [1.165, 1.54) is 24.6 Å². The minimum Gasteiger partial charge on any atom is -0.353 e. The molecule has 1 aliphatic rings. The highest BCUT2D eigenvalue weighted by Crippen LogP contribution is 2.25. The second kappa shape index (κ2) is 8.19. The number of thiophene rings is 1. The zero-order chi connectivity index (χ0) is 17.8. The molecule has 1 fully saturated rings. The number of carbonyl (C=O) groups excluding carboxylic acids is 1. The van der Waals surface area contributed by atoms with Crippen LogP contribution in [0.2, 0.25) is 0 Å². The highest BCUT2D eigenvalue weighted by Gasteiger charge is 2.18. The van der Waals surface area contributed by atoms with Crippen LogP contribution in [-0.4, -0.2) is 27.3 Å². The molecule has 134 valence electrons. The third kappa shape index (κ3) is 4.15. The van der Waals surface area contributed by atoms with Crippen LogP contribution in [0.15, 0.2) is 28.7 Å². The molecule has 2 aromatic heterocycles. The van der Waals surface area contributed by atoms with Crippen molar-refractivity contribution in [3.8, 4) is 0 Å². The third-order valence-electron chi connectivity index (χ3n) is 4.38. The molecule has 1 amide bonds. The lowest BCUT2D eigenvalue weighted by molar-refractivity contribution is -0.119. The van der Waals surface area contributed by atoms with E-state index in [1.807, 2.05) is 6.07 Å². The molecule has 0 aromatic carbocycles. The van der Waals surface area contributed by atoms with Crippen LogP contribution in [0.4, 0.5) is 0 Å². The first-order valence-corrected chi connectivity index (χ1v) is 10.5. The van der Waals surface area contributed by atoms with Gasteiger partial charge in [0.05, 0.1) is 11.1 Å². The molecule has 0 bridgehead atoms. The van der Waals surface area contributed by atoms with Crippen molar-refractivity contribution in [1.82, 2.24) is 14.9 Å². The molecule has 0 radical (unpaired) electrons. The van der Waals surface area contributed by atoms with Crippen molar-refractivity contribution in [2.75, 3.05) is 5.75 Å². The predicted octanol–water partition coefficient (Wildman–Crippen LogP) is 3.36. The van der Waals surface area contributed by atoms with Crippen molar-refractivity contribution in [3.05, 3.63) is 34.0 Å². The topological polar surface area (TPSA) is 64.0 Å². The standard InChI is InChI=1S/C18H23N3O2S2/c1-3-9-21-17(23)14-10-13(4-2)25-16(14)20-18(21)24-11-15(22)19-12-7-5-6-8-12/h3,10,12H,1,4-9,11H2,2H3,(H,19,22). The molecule has 7 heteroatoms. The summed E-state index contributed by atoms with van der Waals surface area (Å²) in [7, 11) is 0. The van der Waals surface area contributed by atoms with Crippen molar-refractivity contribution in [2.45, 2.75) is 56.8 Å². The lowest BCUT2D eigenvalue weighted by Crippen LogP contribution is -2.34. The smallest absolute Gasteiger partial charge is 0.263 e. The number of carbonyl (C=O) groups is 1. The maximum atomic E-state index is 12.8. The summed E-state index contributed by atoms with van der Waals surface area (Å²) in [6.07, 6.45) is 7.08. The minimum atomic E-state index is -0.0560. The first-order chi connectivity index (χ1) is 12.1. The average molecular weight is 378 g/mol. The Morgan fingerprint density at radius 2 is 2.28 bits per heavy atom. The summed E-state index contributed by atoms with van der Waals surface area (Å²) in [4.78, 5) is 31.5. The van der Waals surface area contributed by atoms with Gasteiger partial charge in [0, 0.05) is 17.5 Å². The summed E-state index contributed by atoms with van der Waals surface area (Å²) in [5.74, 6) is 0.286. The van der Waals surface area contributed by atoms with E-state index in [9.17, 15) is 9.59 Å². The van der Waals surface area contributed by atoms with E-state index < -0.39 is 0 Å². The molecule has 0 aliphatic heterocycles. The summed E-state index contributed by atoms with van der Waals surface area (Å²) in [5.41, 5.74) is -0.0560. The molecule has 5 nitrogen and oxygen atoms in total. The third-order valence-corrected chi connectivity index (χ3v) is 6.53. The van der Waals surface area contributed by atoms with Gasteiger partial charge in [-0.15, -0.1) is 17.9 Å². The number of amides is 1. The van der Waals surface area contributed by atoms with Crippen molar-refractivity contribution in [2.24, 2.45) is 0 Å². The first kappa shape index (κ1) is 18.2. The number of aryl methyl sites for hydroxylation is 1. The molecule has 0 atom stereocenters. The van der Waals surface area contributed by atoms with Gasteiger partial charge in [0.2, 0.25) is 5.91 Å². The quantitative estimate of drug-likeness (QED) is 0.456. The molecule has 0 unspecified atom stereocenters. The molecule has 2 heterocycles. The average Bonchev–Trinajstić information content (AvgIpc) is 3.25. The Bertz CT molecular complexity index is 835. The van der Waals surface area contributed by atoms with Gasteiger partial charge in [0.15, 0.2) is 5.16 Å².